The van der Waals surface area contributed by atoms with Crippen LogP contribution in [0.25, 0.3) is 22.3 Å². The first-order valence-corrected chi connectivity index (χ1v) is 10.8. The normalized spacial score (nSPS) is 18.9. The maximum absolute atomic E-state index is 5.47. The molecule has 2 fully saturated rings. The summed E-state index contributed by atoms with van der Waals surface area (Å²) in [6, 6.07) is 10.7. The lowest BCUT2D eigenvalue weighted by Crippen LogP contribution is -2.36. The molecule has 0 amide bonds. The number of ether oxygens (including phenoxy) is 1. The van der Waals surface area contributed by atoms with Gasteiger partial charge < -0.3 is 19.9 Å². The van der Waals surface area contributed by atoms with Gasteiger partial charge in [0.1, 0.15) is 5.52 Å². The number of hydrogen-bond acceptors (Lipinski definition) is 7. The minimum atomic E-state index is 0. The van der Waals surface area contributed by atoms with Crippen molar-refractivity contribution in [2.45, 2.75) is 6.42 Å². The van der Waals surface area contributed by atoms with Crippen LogP contribution in [0.15, 0.2) is 42.7 Å². The quantitative estimate of drug-likeness (QED) is 0.657. The van der Waals surface area contributed by atoms with Crippen LogP contribution in [0.2, 0.25) is 0 Å². The smallest absolute Gasteiger partial charge is 0.157 e. The maximum atomic E-state index is 5.47. The molecule has 31 heavy (non-hydrogen) atoms. The molecule has 1 atom stereocenters. The number of morpholine rings is 1. The summed E-state index contributed by atoms with van der Waals surface area (Å²) in [5.41, 5.74) is 5.07. The van der Waals surface area contributed by atoms with E-state index in [-0.39, 0.29) is 13.5 Å². The van der Waals surface area contributed by atoms with Crippen LogP contribution in [0.5, 0.6) is 0 Å². The molecule has 0 bridgehead atoms. The molecule has 0 unspecified atom stereocenters. The monoisotopic (exact) mass is 438 g/mol. The molecule has 2 aromatic heterocycles. The number of benzene rings is 1. The van der Waals surface area contributed by atoms with E-state index in [4.69, 9.17) is 9.72 Å². The average Bonchev–Trinajstić information content (AvgIpc) is 3.28. The number of anilines is 2. The molecule has 2 aliphatic rings. The Morgan fingerprint density at radius 3 is 2.58 bits per heavy atom. The van der Waals surface area contributed by atoms with Crippen molar-refractivity contribution < 1.29 is 4.74 Å². The summed E-state index contributed by atoms with van der Waals surface area (Å²) in [7, 11) is 2.02. The van der Waals surface area contributed by atoms with E-state index >= 15 is 0 Å². The third-order valence-corrected chi connectivity index (χ3v) is 6.06. The van der Waals surface area contributed by atoms with Crippen molar-refractivity contribution in [3.8, 4) is 11.3 Å². The summed E-state index contributed by atoms with van der Waals surface area (Å²) in [4.78, 5) is 19.0. The topological polar surface area (TPSA) is 66.4 Å². The summed E-state index contributed by atoms with van der Waals surface area (Å²) in [5, 5.41) is 3.30. The van der Waals surface area contributed by atoms with Gasteiger partial charge in [-0.15, -0.1) is 0 Å². The molecule has 3 aromatic rings. The van der Waals surface area contributed by atoms with Crippen LogP contribution < -0.4 is 15.1 Å². The Kier molecular flexibility index (Phi) is 6.89. The van der Waals surface area contributed by atoms with Crippen molar-refractivity contribution in [2.75, 3.05) is 62.8 Å². The van der Waals surface area contributed by atoms with Crippen molar-refractivity contribution in [2.24, 2.45) is 5.92 Å². The first kappa shape index (κ1) is 21.8. The highest BCUT2D eigenvalue weighted by Crippen LogP contribution is 2.31. The molecule has 2 saturated heterocycles. The van der Waals surface area contributed by atoms with Crippen molar-refractivity contribution >= 4 is 36.0 Å². The zero-order valence-electron chi connectivity index (χ0n) is 17.9. The summed E-state index contributed by atoms with van der Waals surface area (Å²) in [6.45, 7) is 6.50. The van der Waals surface area contributed by atoms with Gasteiger partial charge in [-0.05, 0) is 44.1 Å². The lowest BCUT2D eigenvalue weighted by molar-refractivity contribution is 0.122. The Morgan fingerprint density at radius 1 is 1.03 bits per heavy atom. The first-order chi connectivity index (χ1) is 14.8. The number of aromatic nitrogens is 3. The molecule has 2 aliphatic heterocycles. The molecule has 0 radical (unpaired) electrons. The van der Waals surface area contributed by atoms with Crippen molar-refractivity contribution in [1.29, 1.82) is 0 Å². The van der Waals surface area contributed by atoms with Gasteiger partial charge in [0, 0.05) is 49.8 Å². The molecule has 5 rings (SSSR count). The summed E-state index contributed by atoms with van der Waals surface area (Å²) < 4.78 is 5.47. The fourth-order valence-electron chi connectivity index (χ4n) is 4.47. The van der Waals surface area contributed by atoms with E-state index in [1.807, 2.05) is 7.05 Å². The lowest BCUT2D eigenvalue weighted by atomic mass is 10.1. The van der Waals surface area contributed by atoms with Gasteiger partial charge in [-0.2, -0.15) is 13.5 Å². The molecular formula is C23H30N6OS. The number of hydrogen-bond donors (Lipinski definition) is 1. The summed E-state index contributed by atoms with van der Waals surface area (Å²) in [5.74, 6) is 1.59. The van der Waals surface area contributed by atoms with E-state index in [1.54, 1.807) is 12.4 Å². The molecular weight excluding hydrogens is 408 g/mol. The minimum absolute atomic E-state index is 0. The van der Waals surface area contributed by atoms with Gasteiger partial charge >= 0.3 is 0 Å². The second-order valence-corrected chi connectivity index (χ2v) is 8.06. The Bertz CT molecular complexity index is 1010. The average molecular weight is 439 g/mol. The van der Waals surface area contributed by atoms with E-state index < -0.39 is 0 Å². The number of nitrogens with zero attached hydrogens (tertiary/aromatic N) is 5. The minimum Gasteiger partial charge on any atom is -0.378 e. The number of fused-ring (bicyclic) bond motifs is 1. The Labute approximate surface area is 190 Å². The van der Waals surface area contributed by atoms with Gasteiger partial charge in [0.05, 0.1) is 24.4 Å². The van der Waals surface area contributed by atoms with E-state index in [9.17, 15) is 0 Å². The van der Waals surface area contributed by atoms with E-state index in [0.29, 0.717) is 5.92 Å². The van der Waals surface area contributed by atoms with Crippen LogP contribution >= 0.6 is 13.5 Å². The predicted molar refractivity (Wildman–Crippen MR) is 130 cm³/mol. The van der Waals surface area contributed by atoms with Crippen LogP contribution in [0.4, 0.5) is 11.5 Å². The Morgan fingerprint density at radius 2 is 1.81 bits per heavy atom. The second kappa shape index (κ2) is 9.80. The molecule has 0 spiro atoms. The standard InChI is InChI=1S/C23H28N6O.H2S/c1-24-15-17-6-9-29(16-17)23-22-21(25-7-8-26-22)14-20(27-23)18-2-4-19(5-3-18)28-10-12-30-13-11-28;/h2-5,7-8,14,17,24H,6,9-13,15-16H2,1H3;1H2/t17-;/m0./s1. The highest BCUT2D eigenvalue weighted by Gasteiger charge is 2.25. The fourth-order valence-corrected chi connectivity index (χ4v) is 4.47. The molecule has 7 nitrogen and oxygen atoms in total. The van der Waals surface area contributed by atoms with Crippen molar-refractivity contribution in [1.82, 2.24) is 20.3 Å². The Hall–Kier alpha value is -2.42. The van der Waals surface area contributed by atoms with Crippen LogP contribution in [-0.4, -0.2) is 67.9 Å². The zero-order chi connectivity index (χ0) is 20.3. The predicted octanol–water partition coefficient (Wildman–Crippen LogP) is 2.69. The van der Waals surface area contributed by atoms with Gasteiger partial charge in [0.25, 0.3) is 0 Å². The largest absolute Gasteiger partial charge is 0.378 e. The van der Waals surface area contributed by atoms with Gasteiger partial charge in [-0.1, -0.05) is 12.1 Å². The van der Waals surface area contributed by atoms with Gasteiger partial charge in [-0.3, -0.25) is 4.98 Å². The van der Waals surface area contributed by atoms with Crippen molar-refractivity contribution in [3.05, 3.63) is 42.7 Å². The lowest BCUT2D eigenvalue weighted by Gasteiger charge is -2.29. The number of nitrogens with one attached hydrogen (secondary N) is 1. The second-order valence-electron chi connectivity index (χ2n) is 8.06. The van der Waals surface area contributed by atoms with E-state index in [0.717, 1.165) is 74.0 Å². The molecule has 0 aliphatic carbocycles. The Balaban J connectivity index is 0.00000231. The zero-order valence-corrected chi connectivity index (χ0v) is 18.9. The van der Waals surface area contributed by atoms with Crippen LogP contribution in [-0.2, 0) is 4.74 Å². The maximum Gasteiger partial charge on any atom is 0.157 e. The highest BCUT2D eigenvalue weighted by molar-refractivity contribution is 7.59. The summed E-state index contributed by atoms with van der Waals surface area (Å²) >= 11 is 0. The van der Waals surface area contributed by atoms with Crippen LogP contribution in [0, 0.1) is 5.92 Å². The third kappa shape index (κ3) is 4.61. The number of pyridine rings is 1. The third-order valence-electron chi connectivity index (χ3n) is 6.06. The van der Waals surface area contributed by atoms with Gasteiger partial charge in [0.15, 0.2) is 5.82 Å². The number of rotatable bonds is 5. The molecule has 0 saturated carbocycles. The molecule has 4 heterocycles. The first-order valence-electron chi connectivity index (χ1n) is 10.8. The van der Waals surface area contributed by atoms with Gasteiger partial charge in [0.2, 0.25) is 0 Å². The SMILES string of the molecule is CNC[C@@H]1CCN(c2nc(-c3ccc(N4CCOCC4)cc3)cc3nccnc23)C1.S. The molecule has 164 valence electrons. The summed E-state index contributed by atoms with van der Waals surface area (Å²) in [6.07, 6.45) is 4.68. The van der Waals surface area contributed by atoms with E-state index in [1.165, 1.54) is 12.1 Å². The molecule has 1 aromatic carbocycles. The molecule has 8 heteroatoms. The van der Waals surface area contributed by atoms with Gasteiger partial charge in [-0.25, -0.2) is 9.97 Å². The highest BCUT2D eigenvalue weighted by atomic mass is 32.1. The van der Waals surface area contributed by atoms with Crippen LogP contribution in [0.3, 0.4) is 0 Å². The fraction of sp³-hybridized carbons (Fsp3) is 0.435. The molecule has 1 N–H and O–H groups in total. The van der Waals surface area contributed by atoms with E-state index in [2.05, 4.69) is 55.4 Å². The van der Waals surface area contributed by atoms with Crippen LogP contribution in [0.1, 0.15) is 6.42 Å². The van der Waals surface area contributed by atoms with Crippen molar-refractivity contribution in [3.63, 3.8) is 0 Å².